The van der Waals surface area contributed by atoms with E-state index in [1.54, 1.807) is 0 Å². The highest BCUT2D eigenvalue weighted by molar-refractivity contribution is 7.98. The molecule has 9 heteroatoms. The van der Waals surface area contributed by atoms with Gasteiger partial charge in [-0.1, -0.05) is 23.2 Å². The van der Waals surface area contributed by atoms with E-state index in [1.807, 2.05) is 6.26 Å². The van der Waals surface area contributed by atoms with E-state index >= 15 is 0 Å². The molecule has 0 bridgehead atoms. The molecule has 0 aromatic heterocycles. The maximum Gasteiger partial charge on any atom is 0.242 e. The molecule has 1 amide bonds. The lowest BCUT2D eigenvalue weighted by Crippen LogP contribution is -2.46. The van der Waals surface area contributed by atoms with Crippen molar-refractivity contribution in [1.29, 1.82) is 0 Å². The summed E-state index contributed by atoms with van der Waals surface area (Å²) in [4.78, 5) is 11.6. The first-order valence-electron chi connectivity index (χ1n) is 5.99. The third-order valence-corrected chi connectivity index (χ3v) is 5.49. The van der Waals surface area contributed by atoms with Crippen LogP contribution in [0, 0.1) is 0 Å². The van der Waals surface area contributed by atoms with Gasteiger partial charge in [-0.15, -0.1) is 0 Å². The Hall–Kier alpha value is -0.470. The number of benzene rings is 1. The Kier molecular flexibility index (Phi) is 7.29. The predicted molar refractivity (Wildman–Crippen MR) is 87.6 cm³/mol. The number of hydrogen-bond acceptors (Lipinski definition) is 4. The Labute approximate surface area is 138 Å². The quantitative estimate of drug-likeness (QED) is 0.770. The first kappa shape index (κ1) is 18.6. The van der Waals surface area contributed by atoms with Gasteiger partial charge in [-0.05, 0) is 36.6 Å². The monoisotopic (exact) mass is 370 g/mol. The number of halogens is 2. The van der Waals surface area contributed by atoms with Crippen LogP contribution < -0.4 is 10.0 Å². The predicted octanol–water partition coefficient (Wildman–Crippen LogP) is 2.14. The van der Waals surface area contributed by atoms with Crippen molar-refractivity contribution < 1.29 is 13.2 Å². The second-order valence-electron chi connectivity index (χ2n) is 4.14. The molecule has 1 aromatic carbocycles. The van der Waals surface area contributed by atoms with Crippen molar-refractivity contribution in [2.24, 2.45) is 0 Å². The summed E-state index contributed by atoms with van der Waals surface area (Å²) >= 11 is 13.2. The molecule has 0 aliphatic rings. The van der Waals surface area contributed by atoms with Crippen LogP contribution in [0.3, 0.4) is 0 Å². The number of likely N-dealkylation sites (N-methyl/N-ethyl adjacent to an activating group) is 1. The lowest BCUT2D eigenvalue weighted by atomic mass is 10.2. The van der Waals surface area contributed by atoms with E-state index in [4.69, 9.17) is 23.2 Å². The first-order chi connectivity index (χ1) is 9.81. The molecular weight excluding hydrogens is 355 g/mol. The van der Waals surface area contributed by atoms with E-state index in [9.17, 15) is 13.2 Å². The highest BCUT2D eigenvalue weighted by Crippen LogP contribution is 2.25. The van der Waals surface area contributed by atoms with E-state index < -0.39 is 22.0 Å². The zero-order chi connectivity index (χ0) is 16.0. The van der Waals surface area contributed by atoms with Gasteiger partial charge in [-0.3, -0.25) is 4.79 Å². The molecule has 0 aliphatic carbocycles. The molecule has 0 fully saturated rings. The van der Waals surface area contributed by atoms with E-state index in [-0.39, 0.29) is 14.9 Å². The van der Waals surface area contributed by atoms with Gasteiger partial charge in [0.25, 0.3) is 0 Å². The lowest BCUT2D eigenvalue weighted by molar-refractivity contribution is -0.122. The third-order valence-electron chi connectivity index (χ3n) is 2.65. The van der Waals surface area contributed by atoms with Crippen molar-refractivity contribution in [3.63, 3.8) is 0 Å². The van der Waals surface area contributed by atoms with Crippen LogP contribution in [0.4, 0.5) is 0 Å². The molecule has 5 nitrogen and oxygen atoms in total. The maximum absolute atomic E-state index is 12.4. The molecule has 21 heavy (non-hydrogen) atoms. The summed E-state index contributed by atoms with van der Waals surface area (Å²) in [5.74, 6) is 0.245. The van der Waals surface area contributed by atoms with Gasteiger partial charge in [0.1, 0.15) is 10.9 Å². The van der Waals surface area contributed by atoms with Crippen LogP contribution in [0.2, 0.25) is 10.0 Å². The SMILES string of the molecule is CNC(=O)[C@H](CCSC)NS(=O)(=O)c1cc(Cl)ccc1Cl. The fourth-order valence-corrected chi connectivity index (χ4v) is 4.05. The van der Waals surface area contributed by atoms with Gasteiger partial charge >= 0.3 is 0 Å². The van der Waals surface area contributed by atoms with Crippen LogP contribution in [0.1, 0.15) is 6.42 Å². The third kappa shape index (κ3) is 5.34. The van der Waals surface area contributed by atoms with Crippen LogP contribution in [-0.2, 0) is 14.8 Å². The van der Waals surface area contributed by atoms with Crippen LogP contribution in [-0.4, -0.2) is 39.4 Å². The second-order valence-corrected chi connectivity index (χ2v) is 7.66. The largest absolute Gasteiger partial charge is 0.358 e. The zero-order valence-corrected chi connectivity index (χ0v) is 14.7. The topological polar surface area (TPSA) is 75.3 Å². The fraction of sp³-hybridized carbons (Fsp3) is 0.417. The van der Waals surface area contributed by atoms with Crippen molar-refractivity contribution in [3.05, 3.63) is 28.2 Å². The average molecular weight is 371 g/mol. The molecule has 0 unspecified atom stereocenters. The number of rotatable bonds is 7. The Balaban J connectivity index is 3.05. The summed E-state index contributed by atoms with van der Waals surface area (Å²) in [5.41, 5.74) is 0. The summed E-state index contributed by atoms with van der Waals surface area (Å²) in [6.45, 7) is 0. The van der Waals surface area contributed by atoms with Gasteiger partial charge in [-0.2, -0.15) is 16.5 Å². The minimum absolute atomic E-state index is 0.0485. The molecular formula is C12H16Cl2N2O3S2. The number of hydrogen-bond donors (Lipinski definition) is 2. The number of amides is 1. The number of nitrogens with one attached hydrogen (secondary N) is 2. The summed E-state index contributed by atoms with van der Waals surface area (Å²) in [6.07, 6.45) is 2.25. The summed E-state index contributed by atoms with van der Waals surface area (Å²) in [5, 5.41) is 2.74. The zero-order valence-electron chi connectivity index (χ0n) is 11.5. The minimum atomic E-state index is -3.93. The number of thioether (sulfide) groups is 1. The van der Waals surface area contributed by atoms with Crippen LogP contribution in [0.25, 0.3) is 0 Å². The molecule has 0 saturated heterocycles. The van der Waals surface area contributed by atoms with E-state index in [0.717, 1.165) is 0 Å². The standard InChI is InChI=1S/C12H16Cl2N2O3S2/c1-15-12(17)10(5-6-20-2)16-21(18,19)11-7-8(13)3-4-9(11)14/h3-4,7,10,16H,5-6H2,1-2H3,(H,15,17)/t10-/m0/s1. The Morgan fingerprint density at radius 3 is 2.62 bits per heavy atom. The summed E-state index contributed by atoms with van der Waals surface area (Å²) < 4.78 is 27.1. The molecule has 0 heterocycles. The molecule has 2 N–H and O–H groups in total. The second kappa shape index (κ2) is 8.24. The Bertz CT molecular complexity index is 609. The van der Waals surface area contributed by atoms with Crippen molar-refractivity contribution in [1.82, 2.24) is 10.0 Å². The molecule has 1 aromatic rings. The van der Waals surface area contributed by atoms with Gasteiger partial charge in [0, 0.05) is 12.1 Å². The smallest absolute Gasteiger partial charge is 0.242 e. The van der Waals surface area contributed by atoms with Crippen LogP contribution in [0.15, 0.2) is 23.1 Å². The molecule has 0 spiro atoms. The van der Waals surface area contributed by atoms with E-state index in [2.05, 4.69) is 10.0 Å². The number of carbonyl (C=O) groups excluding carboxylic acids is 1. The molecule has 118 valence electrons. The molecule has 1 rings (SSSR count). The van der Waals surface area contributed by atoms with Crippen molar-refractivity contribution in [2.45, 2.75) is 17.4 Å². The van der Waals surface area contributed by atoms with Gasteiger partial charge in [-0.25, -0.2) is 8.42 Å². The highest BCUT2D eigenvalue weighted by Gasteiger charge is 2.26. The van der Waals surface area contributed by atoms with Gasteiger partial charge in [0.05, 0.1) is 5.02 Å². The molecule has 0 aliphatic heterocycles. The van der Waals surface area contributed by atoms with Gasteiger partial charge in [0.15, 0.2) is 0 Å². The number of sulfonamides is 1. The highest BCUT2D eigenvalue weighted by atomic mass is 35.5. The minimum Gasteiger partial charge on any atom is -0.358 e. The van der Waals surface area contributed by atoms with Gasteiger partial charge in [0.2, 0.25) is 15.9 Å². The molecule has 1 atom stereocenters. The van der Waals surface area contributed by atoms with Crippen molar-refractivity contribution in [3.8, 4) is 0 Å². The fourth-order valence-electron chi connectivity index (χ4n) is 1.59. The molecule has 0 saturated carbocycles. The normalized spacial score (nSPS) is 13.0. The molecule has 0 radical (unpaired) electrons. The maximum atomic E-state index is 12.4. The van der Waals surface area contributed by atoms with Crippen LogP contribution >= 0.6 is 35.0 Å². The summed E-state index contributed by atoms with van der Waals surface area (Å²) in [7, 11) is -2.48. The summed E-state index contributed by atoms with van der Waals surface area (Å²) in [6, 6.07) is 3.28. The first-order valence-corrected chi connectivity index (χ1v) is 9.63. The van der Waals surface area contributed by atoms with E-state index in [0.29, 0.717) is 12.2 Å². The Morgan fingerprint density at radius 2 is 2.05 bits per heavy atom. The van der Waals surface area contributed by atoms with Crippen molar-refractivity contribution >= 4 is 50.9 Å². The van der Waals surface area contributed by atoms with E-state index in [1.165, 1.54) is 37.0 Å². The number of carbonyl (C=O) groups is 1. The Morgan fingerprint density at radius 1 is 1.38 bits per heavy atom. The average Bonchev–Trinajstić information content (AvgIpc) is 2.44. The lowest BCUT2D eigenvalue weighted by Gasteiger charge is -2.17. The van der Waals surface area contributed by atoms with Crippen molar-refractivity contribution in [2.75, 3.05) is 19.1 Å². The van der Waals surface area contributed by atoms with Gasteiger partial charge < -0.3 is 5.32 Å². The van der Waals surface area contributed by atoms with Crippen LogP contribution in [0.5, 0.6) is 0 Å².